The molecule has 0 aliphatic heterocycles. The van der Waals surface area contributed by atoms with Crippen molar-refractivity contribution in [3.63, 3.8) is 0 Å². The zero-order valence-corrected chi connectivity index (χ0v) is 11.5. The van der Waals surface area contributed by atoms with Crippen LogP contribution in [-0.4, -0.2) is 21.9 Å². The Hall–Kier alpha value is -2.82. The van der Waals surface area contributed by atoms with Crippen LogP contribution in [0.1, 0.15) is 11.3 Å². The lowest BCUT2D eigenvalue weighted by molar-refractivity contribution is -0.104. The Labute approximate surface area is 121 Å². The quantitative estimate of drug-likeness (QED) is 0.366. The van der Waals surface area contributed by atoms with E-state index in [0.717, 1.165) is 5.69 Å². The molecule has 2 aromatic heterocycles. The summed E-state index contributed by atoms with van der Waals surface area (Å²) in [6.45, 7) is 5.70. The van der Waals surface area contributed by atoms with Gasteiger partial charge in [-0.05, 0) is 30.7 Å². The monoisotopic (exact) mass is 283 g/mol. The molecular formula is C16H14FN3O. The molecule has 21 heavy (non-hydrogen) atoms. The van der Waals surface area contributed by atoms with Crippen molar-refractivity contribution < 1.29 is 9.18 Å². The standard InChI is InChI=1S/C16H14FN3O/c1-12(5-3-6-18-7-4-8-21)14-9-15(17)16-19-13(2)10-20(16)11-14/h3-11H,1H2,2H3/b5-3-,7-4-,18-6-. The van der Waals surface area contributed by atoms with Gasteiger partial charge in [-0.15, -0.1) is 0 Å². The van der Waals surface area contributed by atoms with E-state index >= 15 is 0 Å². The molecule has 0 unspecified atom stereocenters. The first-order valence-electron chi connectivity index (χ1n) is 6.26. The smallest absolute Gasteiger partial charge is 0.173 e. The highest BCUT2D eigenvalue weighted by Crippen LogP contribution is 2.18. The predicted octanol–water partition coefficient (Wildman–Crippen LogP) is 3.13. The number of rotatable bonds is 5. The molecule has 0 spiro atoms. The average molecular weight is 283 g/mol. The molecule has 0 N–H and O–H groups in total. The number of aldehydes is 1. The lowest BCUT2D eigenvalue weighted by atomic mass is 10.1. The zero-order chi connectivity index (χ0) is 15.2. The number of aliphatic imine (C=N–C) groups is 1. The van der Waals surface area contributed by atoms with E-state index in [2.05, 4.69) is 16.6 Å². The predicted molar refractivity (Wildman–Crippen MR) is 81.8 cm³/mol. The number of aromatic nitrogens is 2. The van der Waals surface area contributed by atoms with Gasteiger partial charge in [0.1, 0.15) is 6.29 Å². The largest absolute Gasteiger partial charge is 0.304 e. The number of carbonyl (C=O) groups excluding carboxylic acids is 1. The van der Waals surface area contributed by atoms with Crippen molar-refractivity contribution in [2.75, 3.05) is 0 Å². The van der Waals surface area contributed by atoms with E-state index in [1.54, 1.807) is 28.9 Å². The Balaban J connectivity index is 2.19. The normalized spacial score (nSPS) is 12.1. The average Bonchev–Trinajstić information content (AvgIpc) is 2.83. The number of allylic oxidation sites excluding steroid dienone is 4. The maximum absolute atomic E-state index is 13.9. The van der Waals surface area contributed by atoms with Gasteiger partial charge in [0, 0.05) is 30.4 Å². The van der Waals surface area contributed by atoms with E-state index in [1.807, 2.05) is 6.92 Å². The minimum atomic E-state index is -0.391. The number of nitrogens with zero attached hydrogens (tertiary/aromatic N) is 3. The fourth-order valence-electron chi connectivity index (χ4n) is 1.79. The van der Waals surface area contributed by atoms with Gasteiger partial charge in [-0.1, -0.05) is 12.7 Å². The lowest BCUT2D eigenvalue weighted by Crippen LogP contribution is -1.92. The van der Waals surface area contributed by atoms with Gasteiger partial charge in [0.25, 0.3) is 0 Å². The molecule has 0 aliphatic carbocycles. The third-order valence-corrected chi connectivity index (χ3v) is 2.72. The Kier molecular flexibility index (Phi) is 4.56. The molecule has 2 heterocycles. The van der Waals surface area contributed by atoms with Crippen molar-refractivity contribution in [1.29, 1.82) is 0 Å². The van der Waals surface area contributed by atoms with Gasteiger partial charge in [0.15, 0.2) is 11.5 Å². The number of carbonyl (C=O) groups is 1. The summed E-state index contributed by atoms with van der Waals surface area (Å²) >= 11 is 0. The molecular weight excluding hydrogens is 269 g/mol. The van der Waals surface area contributed by atoms with Gasteiger partial charge < -0.3 is 4.40 Å². The topological polar surface area (TPSA) is 46.7 Å². The molecule has 0 aliphatic rings. The molecule has 0 bridgehead atoms. The summed E-state index contributed by atoms with van der Waals surface area (Å²) in [5, 5.41) is 0. The summed E-state index contributed by atoms with van der Waals surface area (Å²) in [7, 11) is 0. The molecule has 0 amide bonds. The molecule has 2 aromatic rings. The summed E-state index contributed by atoms with van der Waals surface area (Å²) in [5.41, 5.74) is 2.35. The number of aryl methyl sites for hydroxylation is 1. The Morgan fingerprint density at radius 1 is 1.43 bits per heavy atom. The Bertz CT molecular complexity index is 769. The van der Waals surface area contributed by atoms with Crippen LogP contribution in [0.4, 0.5) is 4.39 Å². The molecule has 0 saturated carbocycles. The van der Waals surface area contributed by atoms with Gasteiger partial charge in [-0.3, -0.25) is 9.79 Å². The number of pyridine rings is 1. The van der Waals surface area contributed by atoms with E-state index in [4.69, 9.17) is 0 Å². The van der Waals surface area contributed by atoms with Crippen molar-refractivity contribution in [3.05, 3.63) is 66.5 Å². The minimum absolute atomic E-state index is 0.300. The molecule has 106 valence electrons. The van der Waals surface area contributed by atoms with Crippen molar-refractivity contribution in [2.24, 2.45) is 4.99 Å². The number of halogens is 1. The fourth-order valence-corrected chi connectivity index (χ4v) is 1.79. The molecule has 4 nitrogen and oxygen atoms in total. The molecule has 0 saturated heterocycles. The van der Waals surface area contributed by atoms with Crippen LogP contribution in [0, 0.1) is 12.7 Å². The molecule has 0 radical (unpaired) electrons. The van der Waals surface area contributed by atoms with Crippen LogP contribution in [0.15, 0.2) is 54.5 Å². The molecule has 5 heteroatoms. The number of hydrogen-bond donors (Lipinski definition) is 0. The van der Waals surface area contributed by atoms with Gasteiger partial charge in [-0.2, -0.15) is 0 Å². The first-order valence-corrected chi connectivity index (χ1v) is 6.26. The number of imidazole rings is 1. The van der Waals surface area contributed by atoms with Crippen LogP contribution in [0.25, 0.3) is 11.2 Å². The maximum atomic E-state index is 13.9. The SMILES string of the molecule is C=C(\C=C/C=N\C=C/C=O)c1cc(F)c2nc(C)cn2c1. The van der Waals surface area contributed by atoms with E-state index in [0.29, 0.717) is 23.1 Å². The number of hydrogen-bond acceptors (Lipinski definition) is 3. The van der Waals surface area contributed by atoms with Crippen LogP contribution in [0.2, 0.25) is 0 Å². The van der Waals surface area contributed by atoms with E-state index < -0.39 is 5.82 Å². The van der Waals surface area contributed by atoms with Crippen LogP contribution in [0.5, 0.6) is 0 Å². The molecule has 0 atom stereocenters. The summed E-state index contributed by atoms with van der Waals surface area (Å²) in [5.74, 6) is -0.391. The summed E-state index contributed by atoms with van der Waals surface area (Å²) in [6.07, 6.45) is 11.7. The molecule has 0 fully saturated rings. The van der Waals surface area contributed by atoms with Gasteiger partial charge in [0.2, 0.25) is 0 Å². The fraction of sp³-hybridized carbons (Fsp3) is 0.0625. The highest BCUT2D eigenvalue weighted by atomic mass is 19.1. The van der Waals surface area contributed by atoms with Crippen LogP contribution >= 0.6 is 0 Å². The van der Waals surface area contributed by atoms with E-state index in [1.165, 1.54) is 24.6 Å². The van der Waals surface area contributed by atoms with Crippen LogP contribution < -0.4 is 0 Å². The Morgan fingerprint density at radius 3 is 3.00 bits per heavy atom. The van der Waals surface area contributed by atoms with Crippen LogP contribution in [-0.2, 0) is 4.79 Å². The maximum Gasteiger partial charge on any atom is 0.173 e. The van der Waals surface area contributed by atoms with Gasteiger partial charge in [0.05, 0.1) is 5.69 Å². The van der Waals surface area contributed by atoms with Gasteiger partial charge >= 0.3 is 0 Å². The van der Waals surface area contributed by atoms with Crippen molar-refractivity contribution in [1.82, 2.24) is 9.38 Å². The van der Waals surface area contributed by atoms with Crippen molar-refractivity contribution in [3.8, 4) is 0 Å². The second-order valence-corrected chi connectivity index (χ2v) is 4.35. The highest BCUT2D eigenvalue weighted by molar-refractivity contribution is 5.80. The highest BCUT2D eigenvalue weighted by Gasteiger charge is 2.07. The third-order valence-electron chi connectivity index (χ3n) is 2.72. The lowest BCUT2D eigenvalue weighted by Gasteiger charge is -2.02. The molecule has 2 rings (SSSR count). The van der Waals surface area contributed by atoms with Gasteiger partial charge in [-0.25, -0.2) is 9.37 Å². The zero-order valence-electron chi connectivity index (χ0n) is 11.5. The first-order chi connectivity index (χ1) is 10.1. The Morgan fingerprint density at radius 2 is 2.24 bits per heavy atom. The van der Waals surface area contributed by atoms with E-state index in [9.17, 15) is 9.18 Å². The number of fused-ring (bicyclic) bond motifs is 1. The van der Waals surface area contributed by atoms with Crippen molar-refractivity contribution >= 4 is 23.7 Å². The second kappa shape index (κ2) is 6.56. The van der Waals surface area contributed by atoms with Crippen LogP contribution in [0.3, 0.4) is 0 Å². The summed E-state index contributed by atoms with van der Waals surface area (Å²) in [6, 6.07) is 1.40. The second-order valence-electron chi connectivity index (χ2n) is 4.35. The summed E-state index contributed by atoms with van der Waals surface area (Å²) < 4.78 is 15.6. The minimum Gasteiger partial charge on any atom is -0.304 e. The van der Waals surface area contributed by atoms with E-state index in [-0.39, 0.29) is 0 Å². The first kappa shape index (κ1) is 14.6. The van der Waals surface area contributed by atoms with Crippen molar-refractivity contribution in [2.45, 2.75) is 6.92 Å². The molecule has 0 aromatic carbocycles. The third kappa shape index (κ3) is 3.60. The summed E-state index contributed by atoms with van der Waals surface area (Å²) in [4.78, 5) is 18.0.